The van der Waals surface area contributed by atoms with Crippen LogP contribution in [0.3, 0.4) is 0 Å². The number of carbonyl (C=O) groups is 1. The van der Waals surface area contributed by atoms with Gasteiger partial charge in [-0.3, -0.25) is 4.79 Å². The average molecular weight is 524 g/mol. The Bertz CT molecular complexity index is 884. The molecule has 8 heteroatoms. The van der Waals surface area contributed by atoms with Gasteiger partial charge in [-0.1, -0.05) is 24.6 Å². The van der Waals surface area contributed by atoms with Crippen LogP contribution < -0.4 is 25.8 Å². The van der Waals surface area contributed by atoms with E-state index in [1.807, 2.05) is 42.5 Å². The lowest BCUT2D eigenvalue weighted by Gasteiger charge is -2.24. The predicted octanol–water partition coefficient (Wildman–Crippen LogP) is 3.66. The van der Waals surface area contributed by atoms with Gasteiger partial charge in [-0.15, -0.1) is 24.0 Å². The van der Waals surface area contributed by atoms with E-state index < -0.39 is 0 Å². The summed E-state index contributed by atoms with van der Waals surface area (Å²) in [6.45, 7) is 0.949. The van der Waals surface area contributed by atoms with Crippen molar-refractivity contribution in [1.29, 1.82) is 0 Å². The van der Waals surface area contributed by atoms with E-state index in [-0.39, 0.29) is 35.8 Å². The summed E-state index contributed by atoms with van der Waals surface area (Å²) in [5.41, 5.74) is 8.77. The molecule has 0 bridgehead atoms. The van der Waals surface area contributed by atoms with Gasteiger partial charge in [0, 0.05) is 18.2 Å². The smallest absolute Gasteiger partial charge is 0.227 e. The monoisotopic (exact) mass is 524 g/mol. The van der Waals surface area contributed by atoms with Crippen molar-refractivity contribution < 1.29 is 14.3 Å². The summed E-state index contributed by atoms with van der Waals surface area (Å²) in [4.78, 5) is 16.5. The number of carbonyl (C=O) groups excluding carboxylic acids is 1. The minimum absolute atomic E-state index is 0. The molecule has 0 aromatic heterocycles. The second-order valence-electron chi connectivity index (χ2n) is 7.06. The number of anilines is 1. The summed E-state index contributed by atoms with van der Waals surface area (Å²) in [7, 11) is 3.21. The molecule has 0 aliphatic heterocycles. The zero-order chi connectivity index (χ0) is 20.6. The molecular weight excluding hydrogens is 495 g/mol. The molecule has 2 aromatic carbocycles. The number of methoxy groups -OCH3 is 2. The number of ether oxygens (including phenoxy) is 2. The molecule has 0 unspecified atom stereocenters. The Kier molecular flexibility index (Phi) is 9.22. The van der Waals surface area contributed by atoms with Crippen LogP contribution in [-0.2, 0) is 17.9 Å². The van der Waals surface area contributed by atoms with Crippen molar-refractivity contribution in [2.24, 2.45) is 16.6 Å². The lowest BCUT2D eigenvalue weighted by Crippen LogP contribution is -2.31. The van der Waals surface area contributed by atoms with Crippen molar-refractivity contribution >= 4 is 41.5 Å². The summed E-state index contributed by atoms with van der Waals surface area (Å²) >= 11 is 0. The Hall–Kier alpha value is -2.49. The highest BCUT2D eigenvalue weighted by atomic mass is 127. The van der Waals surface area contributed by atoms with E-state index in [1.165, 1.54) is 0 Å². The van der Waals surface area contributed by atoms with Gasteiger partial charge in [0.2, 0.25) is 5.91 Å². The maximum atomic E-state index is 12.1. The second-order valence-corrected chi connectivity index (χ2v) is 7.06. The fourth-order valence-electron chi connectivity index (χ4n) is 3.08. The molecule has 0 spiro atoms. The minimum Gasteiger partial charge on any atom is -0.493 e. The third-order valence-corrected chi connectivity index (χ3v) is 5.02. The zero-order valence-corrected chi connectivity index (χ0v) is 19.6. The first-order valence-corrected chi connectivity index (χ1v) is 9.73. The number of halogens is 1. The SMILES string of the molecule is COc1ccc(CNC(N)=NCc2cccc(NC(=O)C3CCC3)c2)cc1OC.I. The molecule has 2 aromatic rings. The van der Waals surface area contributed by atoms with Crippen molar-refractivity contribution in [3.8, 4) is 11.5 Å². The number of benzene rings is 2. The second kappa shape index (κ2) is 11.6. The molecule has 0 heterocycles. The number of aliphatic imine (C=N–C) groups is 1. The molecular formula is C22H29IN4O3. The van der Waals surface area contributed by atoms with Gasteiger partial charge >= 0.3 is 0 Å². The number of rotatable bonds is 8. The first-order chi connectivity index (χ1) is 14.1. The van der Waals surface area contributed by atoms with E-state index in [4.69, 9.17) is 15.2 Å². The van der Waals surface area contributed by atoms with Crippen molar-refractivity contribution in [2.45, 2.75) is 32.4 Å². The first kappa shape index (κ1) is 23.8. The van der Waals surface area contributed by atoms with Gasteiger partial charge < -0.3 is 25.8 Å². The average Bonchev–Trinajstić information content (AvgIpc) is 2.69. The predicted molar refractivity (Wildman–Crippen MR) is 130 cm³/mol. The van der Waals surface area contributed by atoms with Gasteiger partial charge in [-0.25, -0.2) is 4.99 Å². The number of nitrogens with one attached hydrogen (secondary N) is 2. The zero-order valence-electron chi connectivity index (χ0n) is 17.3. The van der Waals surface area contributed by atoms with Crippen LogP contribution in [0.25, 0.3) is 0 Å². The van der Waals surface area contributed by atoms with Gasteiger partial charge in [0.1, 0.15) is 0 Å². The van der Waals surface area contributed by atoms with E-state index >= 15 is 0 Å². The molecule has 1 saturated carbocycles. The van der Waals surface area contributed by atoms with Crippen LogP contribution in [0.4, 0.5) is 5.69 Å². The third kappa shape index (κ3) is 6.51. The number of nitrogens with two attached hydrogens (primary N) is 1. The minimum atomic E-state index is 0. The molecule has 1 aliphatic rings. The molecule has 1 amide bonds. The number of hydrogen-bond donors (Lipinski definition) is 3. The molecule has 3 rings (SSSR count). The van der Waals surface area contributed by atoms with Crippen LogP contribution in [-0.4, -0.2) is 26.1 Å². The number of guanidine groups is 1. The summed E-state index contributed by atoms with van der Waals surface area (Å²) < 4.78 is 10.5. The van der Waals surface area contributed by atoms with E-state index in [0.717, 1.165) is 36.1 Å². The first-order valence-electron chi connectivity index (χ1n) is 9.73. The fraction of sp³-hybridized carbons (Fsp3) is 0.364. The molecule has 4 N–H and O–H groups in total. The Balaban J connectivity index is 0.00000320. The summed E-state index contributed by atoms with van der Waals surface area (Å²) in [6, 6.07) is 13.4. The van der Waals surface area contributed by atoms with Crippen molar-refractivity contribution in [3.63, 3.8) is 0 Å². The number of hydrogen-bond acceptors (Lipinski definition) is 4. The molecule has 162 valence electrons. The highest BCUT2D eigenvalue weighted by molar-refractivity contribution is 14.0. The molecule has 0 radical (unpaired) electrons. The third-order valence-electron chi connectivity index (χ3n) is 5.02. The fourth-order valence-corrected chi connectivity index (χ4v) is 3.08. The quantitative estimate of drug-likeness (QED) is 0.278. The molecule has 0 saturated heterocycles. The van der Waals surface area contributed by atoms with Crippen molar-refractivity contribution in [1.82, 2.24) is 5.32 Å². The van der Waals surface area contributed by atoms with Crippen LogP contribution in [0.2, 0.25) is 0 Å². The molecule has 1 fully saturated rings. The van der Waals surface area contributed by atoms with Crippen LogP contribution in [0.1, 0.15) is 30.4 Å². The normalized spacial score (nSPS) is 13.6. The lowest BCUT2D eigenvalue weighted by molar-refractivity contribution is -0.122. The van der Waals surface area contributed by atoms with Gasteiger partial charge in [0.25, 0.3) is 0 Å². The summed E-state index contributed by atoms with van der Waals surface area (Å²) in [6.07, 6.45) is 3.11. The van der Waals surface area contributed by atoms with Crippen LogP contribution in [0.15, 0.2) is 47.5 Å². The summed E-state index contributed by atoms with van der Waals surface area (Å²) in [5.74, 6) is 1.97. The molecule has 30 heavy (non-hydrogen) atoms. The van der Waals surface area contributed by atoms with E-state index in [2.05, 4.69) is 15.6 Å². The van der Waals surface area contributed by atoms with Crippen LogP contribution >= 0.6 is 24.0 Å². The highest BCUT2D eigenvalue weighted by Gasteiger charge is 2.25. The lowest BCUT2D eigenvalue weighted by atomic mass is 9.85. The van der Waals surface area contributed by atoms with E-state index in [9.17, 15) is 4.79 Å². The van der Waals surface area contributed by atoms with Crippen LogP contribution in [0.5, 0.6) is 11.5 Å². The van der Waals surface area contributed by atoms with E-state index in [0.29, 0.717) is 30.5 Å². The number of nitrogens with zero attached hydrogens (tertiary/aromatic N) is 1. The molecule has 0 atom stereocenters. The van der Waals surface area contributed by atoms with Crippen LogP contribution in [0, 0.1) is 5.92 Å². The van der Waals surface area contributed by atoms with Gasteiger partial charge in [-0.05, 0) is 48.2 Å². The largest absolute Gasteiger partial charge is 0.493 e. The van der Waals surface area contributed by atoms with Gasteiger partial charge in [-0.2, -0.15) is 0 Å². The Labute approximate surface area is 194 Å². The molecule has 1 aliphatic carbocycles. The maximum Gasteiger partial charge on any atom is 0.227 e. The number of amides is 1. The standard InChI is InChI=1S/C22H28N4O3.HI/c1-28-19-10-9-16(12-20(19)29-2)14-25-22(23)24-13-15-5-3-8-18(11-15)26-21(27)17-6-4-7-17;/h3,5,8-12,17H,4,6-7,13-14H2,1-2H3,(H,26,27)(H3,23,24,25);1H. The molecule has 7 nitrogen and oxygen atoms in total. The van der Waals surface area contributed by atoms with Crippen molar-refractivity contribution in [3.05, 3.63) is 53.6 Å². The Morgan fingerprint density at radius 1 is 1.10 bits per heavy atom. The van der Waals surface area contributed by atoms with Gasteiger partial charge in [0.15, 0.2) is 17.5 Å². The maximum absolute atomic E-state index is 12.1. The highest BCUT2D eigenvalue weighted by Crippen LogP contribution is 2.28. The Morgan fingerprint density at radius 3 is 2.53 bits per heavy atom. The van der Waals surface area contributed by atoms with Gasteiger partial charge in [0.05, 0.1) is 20.8 Å². The van der Waals surface area contributed by atoms with E-state index in [1.54, 1.807) is 14.2 Å². The summed E-state index contributed by atoms with van der Waals surface area (Å²) in [5, 5.41) is 6.08. The topological polar surface area (TPSA) is 98.0 Å². The Morgan fingerprint density at radius 2 is 1.87 bits per heavy atom. The van der Waals surface area contributed by atoms with Crippen molar-refractivity contribution in [2.75, 3.05) is 19.5 Å².